The number of nitrogens with one attached hydrogen (secondary N) is 1. The SMILES string of the molecule is Cc1cc(NC(=O)CSCc2ccco2)ccc1Br. The molecule has 0 bridgehead atoms. The van der Waals surface area contributed by atoms with E-state index in [9.17, 15) is 4.79 Å². The lowest BCUT2D eigenvalue weighted by atomic mass is 10.2. The zero-order valence-corrected chi connectivity index (χ0v) is 12.9. The Morgan fingerprint density at radius 1 is 1.42 bits per heavy atom. The molecule has 3 nitrogen and oxygen atoms in total. The maximum atomic E-state index is 11.8. The van der Waals surface area contributed by atoms with Crippen molar-refractivity contribution in [1.29, 1.82) is 0 Å². The summed E-state index contributed by atoms with van der Waals surface area (Å²) >= 11 is 4.96. The Bertz CT molecular complexity index is 555. The second-order valence-corrected chi connectivity index (χ2v) is 5.92. The molecule has 0 atom stereocenters. The van der Waals surface area contributed by atoms with Crippen LogP contribution in [0.1, 0.15) is 11.3 Å². The molecule has 1 heterocycles. The normalized spacial score (nSPS) is 10.4. The van der Waals surface area contributed by atoms with Crippen molar-refractivity contribution in [3.63, 3.8) is 0 Å². The molecule has 0 unspecified atom stereocenters. The van der Waals surface area contributed by atoms with Crippen LogP contribution in [-0.4, -0.2) is 11.7 Å². The van der Waals surface area contributed by atoms with Crippen LogP contribution in [0.3, 0.4) is 0 Å². The van der Waals surface area contributed by atoms with Crippen molar-refractivity contribution in [3.05, 3.63) is 52.4 Å². The van der Waals surface area contributed by atoms with Crippen molar-refractivity contribution in [2.45, 2.75) is 12.7 Å². The van der Waals surface area contributed by atoms with Crippen molar-refractivity contribution in [3.8, 4) is 0 Å². The molecular weight excluding hydrogens is 326 g/mol. The van der Waals surface area contributed by atoms with E-state index in [0.29, 0.717) is 11.5 Å². The number of thioether (sulfide) groups is 1. The molecule has 0 aliphatic rings. The van der Waals surface area contributed by atoms with Gasteiger partial charge in [0.25, 0.3) is 0 Å². The molecule has 0 fully saturated rings. The van der Waals surface area contributed by atoms with Crippen molar-refractivity contribution in [2.75, 3.05) is 11.1 Å². The minimum Gasteiger partial charge on any atom is -0.468 e. The maximum absolute atomic E-state index is 11.8. The van der Waals surface area contributed by atoms with Crippen LogP contribution in [0.5, 0.6) is 0 Å². The summed E-state index contributed by atoms with van der Waals surface area (Å²) in [4.78, 5) is 11.8. The lowest BCUT2D eigenvalue weighted by molar-refractivity contribution is -0.113. The number of furan rings is 1. The van der Waals surface area contributed by atoms with Crippen LogP contribution in [0.25, 0.3) is 0 Å². The van der Waals surface area contributed by atoms with Gasteiger partial charge in [0.05, 0.1) is 17.8 Å². The smallest absolute Gasteiger partial charge is 0.234 e. The molecule has 2 aromatic rings. The van der Waals surface area contributed by atoms with Crippen molar-refractivity contribution in [2.24, 2.45) is 0 Å². The van der Waals surface area contributed by atoms with Crippen LogP contribution in [0.2, 0.25) is 0 Å². The van der Waals surface area contributed by atoms with Gasteiger partial charge in [0.2, 0.25) is 5.91 Å². The topological polar surface area (TPSA) is 42.2 Å². The van der Waals surface area contributed by atoms with E-state index in [0.717, 1.165) is 21.5 Å². The molecule has 0 aliphatic heterocycles. The zero-order chi connectivity index (χ0) is 13.7. The molecule has 19 heavy (non-hydrogen) atoms. The first-order valence-corrected chi connectivity index (χ1v) is 7.76. The zero-order valence-electron chi connectivity index (χ0n) is 10.5. The Kier molecular flexibility index (Phi) is 5.10. The molecule has 2 rings (SSSR count). The largest absolute Gasteiger partial charge is 0.468 e. The predicted octanol–water partition coefficient (Wildman–Crippen LogP) is 4.22. The summed E-state index contributed by atoms with van der Waals surface area (Å²) < 4.78 is 6.24. The second kappa shape index (κ2) is 6.82. The Balaban J connectivity index is 1.79. The quantitative estimate of drug-likeness (QED) is 0.886. The summed E-state index contributed by atoms with van der Waals surface area (Å²) in [6.07, 6.45) is 1.64. The highest BCUT2D eigenvalue weighted by atomic mass is 79.9. The number of halogens is 1. The highest BCUT2D eigenvalue weighted by Crippen LogP contribution is 2.20. The van der Waals surface area contributed by atoms with E-state index in [2.05, 4.69) is 21.2 Å². The standard InChI is InChI=1S/C14H14BrNO2S/c1-10-7-11(4-5-13(10)15)16-14(17)9-19-8-12-3-2-6-18-12/h2-7H,8-9H2,1H3,(H,16,17). The molecule has 0 aliphatic carbocycles. The van der Waals surface area contributed by atoms with Gasteiger partial charge in [-0.25, -0.2) is 0 Å². The molecule has 5 heteroatoms. The summed E-state index contributed by atoms with van der Waals surface area (Å²) in [6, 6.07) is 9.51. The van der Waals surface area contributed by atoms with E-state index in [4.69, 9.17) is 4.42 Å². The van der Waals surface area contributed by atoms with Crippen LogP contribution >= 0.6 is 27.7 Å². The van der Waals surface area contributed by atoms with Crippen LogP contribution < -0.4 is 5.32 Å². The first-order chi connectivity index (χ1) is 9.15. The number of hydrogen-bond acceptors (Lipinski definition) is 3. The van der Waals surface area contributed by atoms with E-state index in [1.807, 2.05) is 37.3 Å². The average molecular weight is 340 g/mol. The number of anilines is 1. The van der Waals surface area contributed by atoms with Crippen LogP contribution in [0.15, 0.2) is 45.5 Å². The van der Waals surface area contributed by atoms with E-state index in [1.165, 1.54) is 11.8 Å². The minimum atomic E-state index is -0.00159. The summed E-state index contributed by atoms with van der Waals surface area (Å²) in [6.45, 7) is 1.99. The van der Waals surface area contributed by atoms with E-state index in [-0.39, 0.29) is 5.91 Å². The highest BCUT2D eigenvalue weighted by molar-refractivity contribution is 9.10. The van der Waals surface area contributed by atoms with Gasteiger partial charge in [-0.05, 0) is 42.8 Å². The number of hydrogen-bond donors (Lipinski definition) is 1. The molecule has 0 radical (unpaired) electrons. The molecule has 0 saturated carbocycles. The Labute approximate surface area is 124 Å². The van der Waals surface area contributed by atoms with Gasteiger partial charge < -0.3 is 9.73 Å². The van der Waals surface area contributed by atoms with Gasteiger partial charge in [-0.3, -0.25) is 4.79 Å². The molecule has 0 saturated heterocycles. The third-order valence-corrected chi connectivity index (χ3v) is 4.34. The lowest BCUT2D eigenvalue weighted by Crippen LogP contribution is -2.14. The van der Waals surface area contributed by atoms with Gasteiger partial charge in [0, 0.05) is 10.2 Å². The molecular formula is C14H14BrNO2S. The number of rotatable bonds is 5. The molecule has 0 spiro atoms. The minimum absolute atomic E-state index is 0.00159. The third kappa shape index (κ3) is 4.44. The number of carbonyl (C=O) groups is 1. The first kappa shape index (κ1) is 14.2. The second-order valence-electron chi connectivity index (χ2n) is 4.08. The average Bonchev–Trinajstić information content (AvgIpc) is 2.87. The van der Waals surface area contributed by atoms with E-state index >= 15 is 0 Å². The Hall–Kier alpha value is -1.20. The number of aryl methyl sites for hydroxylation is 1. The third-order valence-electron chi connectivity index (χ3n) is 2.50. The van der Waals surface area contributed by atoms with E-state index in [1.54, 1.807) is 6.26 Å². The van der Waals surface area contributed by atoms with E-state index < -0.39 is 0 Å². The number of carbonyl (C=O) groups excluding carboxylic acids is 1. The maximum Gasteiger partial charge on any atom is 0.234 e. The van der Waals surface area contributed by atoms with Crippen molar-refractivity contribution < 1.29 is 9.21 Å². The number of amides is 1. The Morgan fingerprint density at radius 2 is 2.26 bits per heavy atom. The molecule has 1 aromatic carbocycles. The van der Waals surface area contributed by atoms with Gasteiger partial charge in [-0.2, -0.15) is 0 Å². The summed E-state index contributed by atoms with van der Waals surface area (Å²) in [5.74, 6) is 2.01. The summed E-state index contributed by atoms with van der Waals surface area (Å²) in [5.41, 5.74) is 1.92. The van der Waals surface area contributed by atoms with Gasteiger partial charge in [-0.1, -0.05) is 15.9 Å². The fourth-order valence-corrected chi connectivity index (χ4v) is 2.53. The monoisotopic (exact) mass is 339 g/mol. The van der Waals surface area contributed by atoms with Crippen molar-refractivity contribution in [1.82, 2.24) is 0 Å². The fraction of sp³-hybridized carbons (Fsp3) is 0.214. The number of benzene rings is 1. The van der Waals surface area contributed by atoms with Gasteiger partial charge in [0.15, 0.2) is 0 Å². The van der Waals surface area contributed by atoms with Gasteiger partial charge >= 0.3 is 0 Å². The first-order valence-electron chi connectivity index (χ1n) is 5.81. The predicted molar refractivity (Wildman–Crippen MR) is 82.4 cm³/mol. The molecule has 100 valence electrons. The molecule has 1 amide bonds. The summed E-state index contributed by atoms with van der Waals surface area (Å²) in [5, 5.41) is 2.88. The Morgan fingerprint density at radius 3 is 2.95 bits per heavy atom. The summed E-state index contributed by atoms with van der Waals surface area (Å²) in [7, 11) is 0. The van der Waals surface area contributed by atoms with Gasteiger partial charge in [-0.15, -0.1) is 11.8 Å². The molecule has 1 aromatic heterocycles. The van der Waals surface area contributed by atoms with Crippen LogP contribution in [0, 0.1) is 6.92 Å². The fourth-order valence-electron chi connectivity index (χ4n) is 1.56. The highest BCUT2D eigenvalue weighted by Gasteiger charge is 2.05. The van der Waals surface area contributed by atoms with Crippen LogP contribution in [0.4, 0.5) is 5.69 Å². The van der Waals surface area contributed by atoms with Crippen molar-refractivity contribution >= 4 is 39.3 Å². The molecule has 1 N–H and O–H groups in total. The lowest BCUT2D eigenvalue weighted by Gasteiger charge is -2.06. The van der Waals surface area contributed by atoms with Crippen LogP contribution in [-0.2, 0) is 10.5 Å². The van der Waals surface area contributed by atoms with Gasteiger partial charge in [0.1, 0.15) is 5.76 Å².